The van der Waals surface area contributed by atoms with E-state index in [2.05, 4.69) is 10.1 Å². The van der Waals surface area contributed by atoms with Gasteiger partial charge in [-0.05, 0) is 6.92 Å². The normalized spacial score (nSPS) is 11.4. The van der Waals surface area contributed by atoms with Crippen LogP contribution in [0.3, 0.4) is 0 Å². The fourth-order valence-electron chi connectivity index (χ4n) is 0.759. The van der Waals surface area contributed by atoms with Crippen LogP contribution in [-0.2, 0) is 14.3 Å². The number of hydrogen-bond donors (Lipinski definition) is 4. The van der Waals surface area contributed by atoms with Crippen molar-refractivity contribution in [3.8, 4) is 0 Å². The number of esters is 1. The number of urea groups is 1. The molecule has 0 saturated carbocycles. The predicted molar refractivity (Wildman–Crippen MR) is 51.7 cm³/mol. The first-order valence-corrected chi connectivity index (χ1v) is 4.54. The Morgan fingerprint density at radius 1 is 1.38 bits per heavy atom. The zero-order chi connectivity index (χ0) is 12.6. The van der Waals surface area contributed by atoms with Gasteiger partial charge in [0.25, 0.3) is 0 Å². The van der Waals surface area contributed by atoms with Gasteiger partial charge in [0.05, 0.1) is 13.2 Å². The van der Waals surface area contributed by atoms with E-state index < -0.39 is 30.6 Å². The molecular weight excluding hydrogens is 220 g/mol. The van der Waals surface area contributed by atoms with E-state index in [1.807, 2.05) is 5.32 Å². The lowest BCUT2D eigenvalue weighted by Gasteiger charge is -2.12. The molecule has 0 aromatic rings. The Morgan fingerprint density at radius 3 is 2.44 bits per heavy atom. The number of nitrogens with one attached hydrogen (secondary N) is 2. The Labute approximate surface area is 91.6 Å². The van der Waals surface area contributed by atoms with Crippen molar-refractivity contribution in [2.75, 3.05) is 19.8 Å². The summed E-state index contributed by atoms with van der Waals surface area (Å²) in [5, 5.41) is 21.1. The van der Waals surface area contributed by atoms with E-state index in [4.69, 9.17) is 10.2 Å². The molecule has 2 amide bonds. The van der Waals surface area contributed by atoms with Crippen LogP contribution in [0.5, 0.6) is 0 Å². The number of aliphatic carboxylic acids is 1. The van der Waals surface area contributed by atoms with Crippen LogP contribution in [-0.4, -0.2) is 54.0 Å². The molecule has 0 radical (unpaired) electrons. The van der Waals surface area contributed by atoms with Gasteiger partial charge in [-0.1, -0.05) is 0 Å². The number of carboxylic acid groups (broad SMARTS) is 1. The van der Waals surface area contributed by atoms with Crippen molar-refractivity contribution in [1.29, 1.82) is 0 Å². The number of amides is 2. The third-order valence-electron chi connectivity index (χ3n) is 1.48. The van der Waals surface area contributed by atoms with Gasteiger partial charge in [-0.25, -0.2) is 9.59 Å². The number of carbonyl (C=O) groups excluding carboxylic acids is 2. The fraction of sp³-hybridized carbons (Fsp3) is 0.625. The van der Waals surface area contributed by atoms with Gasteiger partial charge in [0.15, 0.2) is 6.04 Å². The SMILES string of the molecule is CCOC(=O)CNC(=O)N[C@H](CO)C(=O)O. The zero-order valence-corrected chi connectivity index (χ0v) is 8.73. The lowest BCUT2D eigenvalue weighted by molar-refractivity contribution is -0.141. The summed E-state index contributed by atoms with van der Waals surface area (Å²) in [5.74, 6) is -2.00. The molecule has 0 aliphatic heterocycles. The maximum absolute atomic E-state index is 11.0. The van der Waals surface area contributed by atoms with Gasteiger partial charge in [-0.3, -0.25) is 4.79 Å². The molecule has 0 aliphatic rings. The van der Waals surface area contributed by atoms with Gasteiger partial charge in [0, 0.05) is 0 Å². The summed E-state index contributed by atoms with van der Waals surface area (Å²) in [6, 6.07) is -2.27. The molecule has 8 heteroatoms. The van der Waals surface area contributed by atoms with Crippen molar-refractivity contribution in [1.82, 2.24) is 10.6 Å². The van der Waals surface area contributed by atoms with Gasteiger partial charge in [0.2, 0.25) is 0 Å². The van der Waals surface area contributed by atoms with Crippen LogP contribution in [0.25, 0.3) is 0 Å². The van der Waals surface area contributed by atoms with E-state index in [0.717, 1.165) is 0 Å². The van der Waals surface area contributed by atoms with Gasteiger partial charge in [0.1, 0.15) is 6.54 Å². The van der Waals surface area contributed by atoms with Crippen molar-refractivity contribution in [3.63, 3.8) is 0 Å². The Balaban J connectivity index is 3.89. The first kappa shape index (κ1) is 14.2. The number of aliphatic hydroxyl groups is 1. The second-order valence-electron chi connectivity index (χ2n) is 2.71. The second kappa shape index (κ2) is 7.46. The number of carboxylic acids is 1. The van der Waals surface area contributed by atoms with Crippen molar-refractivity contribution < 1.29 is 29.3 Å². The summed E-state index contributed by atoms with van der Waals surface area (Å²) in [5.41, 5.74) is 0. The predicted octanol–water partition coefficient (Wildman–Crippen LogP) is -1.71. The van der Waals surface area contributed by atoms with Gasteiger partial charge >= 0.3 is 18.0 Å². The Kier molecular flexibility index (Phi) is 6.61. The van der Waals surface area contributed by atoms with Gasteiger partial charge in [-0.2, -0.15) is 0 Å². The van der Waals surface area contributed by atoms with Crippen molar-refractivity contribution in [2.24, 2.45) is 0 Å². The van der Waals surface area contributed by atoms with Crippen LogP contribution in [0.1, 0.15) is 6.92 Å². The maximum Gasteiger partial charge on any atom is 0.328 e. The van der Waals surface area contributed by atoms with Gasteiger partial charge in [-0.15, -0.1) is 0 Å². The van der Waals surface area contributed by atoms with Crippen molar-refractivity contribution >= 4 is 18.0 Å². The first-order chi connectivity index (χ1) is 7.51. The summed E-state index contributed by atoms with van der Waals surface area (Å²) < 4.78 is 4.52. The van der Waals surface area contributed by atoms with Crippen LogP contribution >= 0.6 is 0 Å². The van der Waals surface area contributed by atoms with E-state index >= 15 is 0 Å². The Bertz CT molecular complexity index is 267. The second-order valence-corrected chi connectivity index (χ2v) is 2.71. The minimum absolute atomic E-state index is 0.191. The quantitative estimate of drug-likeness (QED) is 0.406. The molecular formula is C8H14N2O6. The van der Waals surface area contributed by atoms with E-state index in [1.54, 1.807) is 6.92 Å². The molecule has 0 unspecified atom stereocenters. The summed E-state index contributed by atoms with van der Waals surface area (Å²) in [6.07, 6.45) is 0. The third kappa shape index (κ3) is 5.81. The highest BCUT2D eigenvalue weighted by molar-refractivity contribution is 5.85. The molecule has 0 aliphatic carbocycles. The minimum Gasteiger partial charge on any atom is -0.480 e. The largest absolute Gasteiger partial charge is 0.480 e. The third-order valence-corrected chi connectivity index (χ3v) is 1.48. The molecule has 0 saturated heterocycles. The standard InChI is InChI=1S/C8H14N2O6/c1-2-16-6(12)3-9-8(15)10-5(4-11)7(13)14/h5,11H,2-4H2,1H3,(H,13,14)(H2,9,10,15)/t5-/m1/s1. The van der Waals surface area contributed by atoms with Crippen molar-refractivity contribution in [3.05, 3.63) is 0 Å². The molecule has 1 atom stereocenters. The molecule has 0 fully saturated rings. The highest BCUT2D eigenvalue weighted by Gasteiger charge is 2.18. The highest BCUT2D eigenvalue weighted by atomic mass is 16.5. The number of aliphatic hydroxyl groups excluding tert-OH is 1. The molecule has 0 spiro atoms. The Morgan fingerprint density at radius 2 is 2.00 bits per heavy atom. The van der Waals surface area contributed by atoms with Gasteiger partial charge < -0.3 is 25.6 Å². The molecule has 92 valence electrons. The van der Waals surface area contributed by atoms with E-state index in [-0.39, 0.29) is 13.2 Å². The van der Waals surface area contributed by atoms with Crippen molar-refractivity contribution in [2.45, 2.75) is 13.0 Å². The fourth-order valence-corrected chi connectivity index (χ4v) is 0.759. The molecule has 8 nitrogen and oxygen atoms in total. The smallest absolute Gasteiger partial charge is 0.328 e. The summed E-state index contributed by atoms with van der Waals surface area (Å²) in [6.45, 7) is 0.709. The van der Waals surface area contributed by atoms with Crippen LogP contribution < -0.4 is 10.6 Å². The molecule has 16 heavy (non-hydrogen) atoms. The van der Waals surface area contributed by atoms with Crippen LogP contribution in [0.2, 0.25) is 0 Å². The molecule has 0 rings (SSSR count). The number of carbonyl (C=O) groups is 3. The topological polar surface area (TPSA) is 125 Å². The molecule has 4 N–H and O–H groups in total. The van der Waals surface area contributed by atoms with Crippen LogP contribution in [0.4, 0.5) is 4.79 Å². The van der Waals surface area contributed by atoms with E-state index in [9.17, 15) is 14.4 Å². The molecule has 0 aromatic heterocycles. The number of rotatable bonds is 6. The number of ether oxygens (including phenoxy) is 1. The highest BCUT2D eigenvalue weighted by Crippen LogP contribution is 1.82. The molecule has 0 aromatic carbocycles. The summed E-state index contributed by atoms with van der Waals surface area (Å²) >= 11 is 0. The lowest BCUT2D eigenvalue weighted by atomic mass is 10.3. The summed E-state index contributed by atoms with van der Waals surface area (Å²) in [4.78, 5) is 32.2. The lowest BCUT2D eigenvalue weighted by Crippen LogP contribution is -2.49. The average molecular weight is 234 g/mol. The number of hydrogen-bond acceptors (Lipinski definition) is 5. The Hall–Kier alpha value is -1.83. The monoisotopic (exact) mass is 234 g/mol. The van der Waals surface area contributed by atoms with E-state index in [0.29, 0.717) is 0 Å². The van der Waals surface area contributed by atoms with Crippen LogP contribution in [0, 0.1) is 0 Å². The maximum atomic E-state index is 11.0. The zero-order valence-electron chi connectivity index (χ0n) is 8.73. The van der Waals surface area contributed by atoms with E-state index in [1.165, 1.54) is 0 Å². The molecule has 0 heterocycles. The minimum atomic E-state index is -1.40. The molecule has 0 bridgehead atoms. The average Bonchev–Trinajstić information content (AvgIpc) is 2.23. The summed E-state index contributed by atoms with van der Waals surface area (Å²) in [7, 11) is 0. The van der Waals surface area contributed by atoms with Crippen LogP contribution in [0.15, 0.2) is 0 Å². The first-order valence-electron chi connectivity index (χ1n) is 4.54.